The van der Waals surface area contributed by atoms with E-state index >= 15 is 0 Å². The van der Waals surface area contributed by atoms with Crippen LogP contribution in [-0.2, 0) is 4.74 Å². The summed E-state index contributed by atoms with van der Waals surface area (Å²) in [5, 5.41) is 0. The molecule has 3 nitrogen and oxygen atoms in total. The Morgan fingerprint density at radius 2 is 2.38 bits per heavy atom. The van der Waals surface area contributed by atoms with E-state index in [9.17, 15) is 0 Å². The molecule has 0 aromatic heterocycles. The Morgan fingerprint density at radius 3 is 2.94 bits per heavy atom. The molecule has 0 aromatic carbocycles. The highest BCUT2D eigenvalue weighted by Crippen LogP contribution is 2.11. The van der Waals surface area contributed by atoms with Crippen LogP contribution in [0.25, 0.3) is 0 Å². The molecule has 1 aliphatic heterocycles. The van der Waals surface area contributed by atoms with Gasteiger partial charge in [0.2, 0.25) is 0 Å². The molecule has 1 atom stereocenters. The van der Waals surface area contributed by atoms with Crippen LogP contribution in [0, 0.1) is 0 Å². The first-order valence-corrected chi connectivity index (χ1v) is 5.75. The van der Waals surface area contributed by atoms with Crippen LogP contribution in [0.3, 0.4) is 0 Å². The predicted octanol–water partition coefficient (Wildman–Crippen LogP) is 1.68. The standard InChI is InChI=1S/C13H22N2O/c1-4-6-12(13(14)5-2)10-15-7-8-16-11(3)9-15/h4-6,11H,1,7-10,14H2,2-3H3/b12-6-,13-5+. The van der Waals surface area contributed by atoms with E-state index < -0.39 is 0 Å². The number of nitrogens with zero attached hydrogens (tertiary/aromatic N) is 1. The summed E-state index contributed by atoms with van der Waals surface area (Å²) in [5.41, 5.74) is 7.91. The average Bonchev–Trinajstić information content (AvgIpc) is 2.27. The average molecular weight is 222 g/mol. The van der Waals surface area contributed by atoms with Crippen LogP contribution in [0.4, 0.5) is 0 Å². The third kappa shape index (κ3) is 3.83. The fraction of sp³-hybridized carbons (Fsp3) is 0.538. The van der Waals surface area contributed by atoms with Crippen molar-refractivity contribution in [3.05, 3.63) is 36.1 Å². The van der Waals surface area contributed by atoms with E-state index in [0.29, 0.717) is 6.10 Å². The highest BCUT2D eigenvalue weighted by molar-refractivity contribution is 5.31. The van der Waals surface area contributed by atoms with E-state index in [1.54, 1.807) is 6.08 Å². The number of morpholine rings is 1. The van der Waals surface area contributed by atoms with Crippen molar-refractivity contribution >= 4 is 0 Å². The Kier molecular flexibility index (Phi) is 5.29. The van der Waals surface area contributed by atoms with E-state index in [1.807, 2.05) is 19.1 Å². The van der Waals surface area contributed by atoms with Gasteiger partial charge in [0.25, 0.3) is 0 Å². The molecule has 90 valence electrons. The summed E-state index contributed by atoms with van der Waals surface area (Å²) in [6.45, 7) is 11.4. The SMILES string of the molecule is C=C/C=C(CN1CCOC(C)C1)\C(N)=C/C. The van der Waals surface area contributed by atoms with Crippen LogP contribution in [0.15, 0.2) is 36.1 Å². The molecule has 1 unspecified atom stereocenters. The molecule has 0 amide bonds. The lowest BCUT2D eigenvalue weighted by Gasteiger charge is -2.31. The topological polar surface area (TPSA) is 38.5 Å². The maximum absolute atomic E-state index is 5.94. The summed E-state index contributed by atoms with van der Waals surface area (Å²) >= 11 is 0. The summed E-state index contributed by atoms with van der Waals surface area (Å²) < 4.78 is 5.51. The summed E-state index contributed by atoms with van der Waals surface area (Å²) in [6, 6.07) is 0. The van der Waals surface area contributed by atoms with Crippen molar-refractivity contribution in [2.24, 2.45) is 5.73 Å². The van der Waals surface area contributed by atoms with Crippen molar-refractivity contribution in [3.8, 4) is 0 Å². The van der Waals surface area contributed by atoms with Crippen molar-refractivity contribution in [1.82, 2.24) is 4.90 Å². The number of ether oxygens (including phenoxy) is 1. The second-order valence-electron chi connectivity index (χ2n) is 4.09. The molecule has 1 fully saturated rings. The number of rotatable bonds is 4. The zero-order valence-electron chi connectivity index (χ0n) is 10.3. The van der Waals surface area contributed by atoms with Gasteiger partial charge in [-0.3, -0.25) is 4.90 Å². The molecule has 0 spiro atoms. The third-order valence-electron chi connectivity index (χ3n) is 2.72. The quantitative estimate of drug-likeness (QED) is 0.736. The lowest BCUT2D eigenvalue weighted by molar-refractivity contribution is -0.0147. The van der Waals surface area contributed by atoms with Crippen molar-refractivity contribution in [3.63, 3.8) is 0 Å². The van der Waals surface area contributed by atoms with Gasteiger partial charge < -0.3 is 10.5 Å². The molecule has 0 aliphatic carbocycles. The van der Waals surface area contributed by atoms with Gasteiger partial charge in [0.05, 0.1) is 12.7 Å². The first kappa shape index (κ1) is 13.0. The van der Waals surface area contributed by atoms with Gasteiger partial charge in [0.15, 0.2) is 0 Å². The van der Waals surface area contributed by atoms with E-state index in [1.165, 1.54) is 0 Å². The Hall–Kier alpha value is -1.06. The molecule has 3 heteroatoms. The summed E-state index contributed by atoms with van der Waals surface area (Å²) in [5.74, 6) is 0. The highest BCUT2D eigenvalue weighted by atomic mass is 16.5. The van der Waals surface area contributed by atoms with Gasteiger partial charge in [-0.25, -0.2) is 0 Å². The van der Waals surface area contributed by atoms with Gasteiger partial charge >= 0.3 is 0 Å². The van der Waals surface area contributed by atoms with Gasteiger partial charge in [-0.1, -0.05) is 24.8 Å². The second-order valence-corrected chi connectivity index (χ2v) is 4.09. The second kappa shape index (κ2) is 6.51. The van der Waals surface area contributed by atoms with E-state index in [4.69, 9.17) is 10.5 Å². The molecule has 1 aliphatic rings. The van der Waals surface area contributed by atoms with Crippen LogP contribution in [-0.4, -0.2) is 37.2 Å². The first-order chi connectivity index (χ1) is 7.67. The van der Waals surface area contributed by atoms with Crippen molar-refractivity contribution in [2.75, 3.05) is 26.2 Å². The van der Waals surface area contributed by atoms with Crippen LogP contribution in [0.5, 0.6) is 0 Å². The van der Waals surface area contributed by atoms with Gasteiger partial charge in [0, 0.05) is 25.3 Å². The molecule has 0 bridgehead atoms. The molecule has 0 saturated carbocycles. The van der Waals surface area contributed by atoms with Crippen LogP contribution >= 0.6 is 0 Å². The highest BCUT2D eigenvalue weighted by Gasteiger charge is 2.17. The molecule has 16 heavy (non-hydrogen) atoms. The van der Waals surface area contributed by atoms with Crippen molar-refractivity contribution in [1.29, 1.82) is 0 Å². The third-order valence-corrected chi connectivity index (χ3v) is 2.72. The van der Waals surface area contributed by atoms with Crippen molar-refractivity contribution in [2.45, 2.75) is 20.0 Å². The minimum Gasteiger partial charge on any atom is -0.399 e. The molecule has 0 aromatic rings. The van der Waals surface area contributed by atoms with E-state index in [-0.39, 0.29) is 0 Å². The Labute approximate surface area is 98.3 Å². The Balaban J connectivity index is 2.61. The summed E-state index contributed by atoms with van der Waals surface area (Å²) in [7, 11) is 0. The first-order valence-electron chi connectivity index (χ1n) is 5.75. The minimum atomic E-state index is 0.311. The fourth-order valence-corrected chi connectivity index (χ4v) is 1.84. The minimum absolute atomic E-state index is 0.311. The van der Waals surface area contributed by atoms with Crippen molar-refractivity contribution < 1.29 is 4.74 Å². The Bertz CT molecular complexity index is 294. The molecule has 1 rings (SSSR count). The Morgan fingerprint density at radius 1 is 1.62 bits per heavy atom. The summed E-state index contributed by atoms with van der Waals surface area (Å²) in [4.78, 5) is 2.36. The van der Waals surface area contributed by atoms with Crippen LogP contribution < -0.4 is 5.73 Å². The van der Waals surface area contributed by atoms with Gasteiger partial charge in [-0.05, 0) is 19.4 Å². The van der Waals surface area contributed by atoms with Gasteiger partial charge in [-0.2, -0.15) is 0 Å². The molecular weight excluding hydrogens is 200 g/mol. The maximum atomic E-state index is 5.94. The summed E-state index contributed by atoms with van der Waals surface area (Å²) in [6.07, 6.45) is 6.01. The number of hydrogen-bond acceptors (Lipinski definition) is 3. The van der Waals surface area contributed by atoms with Gasteiger partial charge in [-0.15, -0.1) is 0 Å². The zero-order valence-corrected chi connectivity index (χ0v) is 10.3. The molecular formula is C13H22N2O. The largest absolute Gasteiger partial charge is 0.399 e. The lowest BCUT2D eigenvalue weighted by Crippen LogP contribution is -2.42. The number of nitrogens with two attached hydrogens (primary N) is 1. The monoisotopic (exact) mass is 222 g/mol. The van der Waals surface area contributed by atoms with E-state index in [0.717, 1.165) is 37.5 Å². The van der Waals surface area contributed by atoms with Crippen LogP contribution in [0.2, 0.25) is 0 Å². The molecule has 1 saturated heterocycles. The maximum Gasteiger partial charge on any atom is 0.0674 e. The van der Waals surface area contributed by atoms with E-state index in [2.05, 4.69) is 18.4 Å². The predicted molar refractivity (Wildman–Crippen MR) is 68.1 cm³/mol. The van der Waals surface area contributed by atoms with Gasteiger partial charge in [0.1, 0.15) is 0 Å². The fourth-order valence-electron chi connectivity index (χ4n) is 1.84. The number of hydrogen-bond donors (Lipinski definition) is 1. The number of allylic oxidation sites excluding steroid dienone is 3. The zero-order chi connectivity index (χ0) is 12.0. The normalized spacial score (nSPS) is 24.5. The molecule has 1 heterocycles. The lowest BCUT2D eigenvalue weighted by atomic mass is 10.1. The molecule has 2 N–H and O–H groups in total. The smallest absolute Gasteiger partial charge is 0.0674 e. The molecule has 0 radical (unpaired) electrons. The van der Waals surface area contributed by atoms with Crippen LogP contribution in [0.1, 0.15) is 13.8 Å².